The number of allylic oxidation sites excluding steroid dienone is 11. The van der Waals surface area contributed by atoms with E-state index in [4.69, 9.17) is 9.47 Å². The number of rotatable bonds is 51. The van der Waals surface area contributed by atoms with Gasteiger partial charge in [0.25, 0.3) is 0 Å². The normalized spacial score (nSPS) is 19.7. The van der Waals surface area contributed by atoms with E-state index in [1.54, 1.807) is 6.08 Å². The Morgan fingerprint density at radius 3 is 1.33 bits per heavy atom. The van der Waals surface area contributed by atoms with Crippen molar-refractivity contribution in [3.8, 4) is 0 Å². The van der Waals surface area contributed by atoms with Crippen LogP contribution in [0.1, 0.15) is 264 Å². The Kier molecular flexibility index (Phi) is 48.9. The molecule has 6 N–H and O–H groups in total. The molecule has 1 amide bonds. The van der Waals surface area contributed by atoms with E-state index in [0.717, 1.165) is 77.0 Å². The van der Waals surface area contributed by atoms with E-state index in [0.29, 0.717) is 6.42 Å². The van der Waals surface area contributed by atoms with Gasteiger partial charge < -0.3 is 40.3 Å². The SMILES string of the molecule is CC/C=C\C/C=C\C/C=C\C/C=C\CCCCCCC(=O)NC(COC1OC(CO)C(O)C(O)C1O)C(O)/C=C/CC/C=C/CCCCCCCCCCCCCCCCCCCCCCCCCCCC. The zero-order valence-electron chi connectivity index (χ0n) is 46.4. The molecule has 7 unspecified atom stereocenters. The van der Waals surface area contributed by atoms with Crippen molar-refractivity contribution in [3.05, 3.63) is 72.9 Å². The zero-order valence-corrected chi connectivity index (χ0v) is 46.4. The first-order valence-electron chi connectivity index (χ1n) is 30.2. The van der Waals surface area contributed by atoms with Crippen molar-refractivity contribution in [1.29, 1.82) is 0 Å². The highest BCUT2D eigenvalue weighted by Crippen LogP contribution is 2.23. The highest BCUT2D eigenvalue weighted by atomic mass is 16.7. The van der Waals surface area contributed by atoms with Crippen molar-refractivity contribution in [3.63, 3.8) is 0 Å². The quantitative estimate of drug-likeness (QED) is 0.0261. The van der Waals surface area contributed by atoms with Gasteiger partial charge >= 0.3 is 0 Å². The van der Waals surface area contributed by atoms with Gasteiger partial charge in [-0.05, 0) is 70.6 Å². The fraction of sp³-hybridized carbons (Fsp3) is 0.794. The first-order chi connectivity index (χ1) is 35.3. The molecule has 1 saturated heterocycles. The van der Waals surface area contributed by atoms with E-state index in [-0.39, 0.29) is 12.5 Å². The minimum absolute atomic E-state index is 0.210. The minimum atomic E-state index is -1.58. The van der Waals surface area contributed by atoms with Gasteiger partial charge in [0.2, 0.25) is 5.91 Å². The number of ether oxygens (including phenoxy) is 2. The predicted molar refractivity (Wildman–Crippen MR) is 304 cm³/mol. The molecule has 1 fully saturated rings. The number of aliphatic hydroxyl groups is 5. The van der Waals surface area contributed by atoms with Gasteiger partial charge in [-0.3, -0.25) is 4.79 Å². The van der Waals surface area contributed by atoms with E-state index in [1.807, 2.05) is 6.08 Å². The van der Waals surface area contributed by atoms with Crippen molar-refractivity contribution in [2.75, 3.05) is 13.2 Å². The second kappa shape index (κ2) is 52.1. The monoisotopic (exact) mass is 1010 g/mol. The Morgan fingerprint density at radius 2 is 0.875 bits per heavy atom. The molecule has 0 saturated carbocycles. The topological polar surface area (TPSA) is 149 Å². The molecule has 1 aliphatic rings. The lowest BCUT2D eigenvalue weighted by atomic mass is 9.99. The van der Waals surface area contributed by atoms with Gasteiger partial charge in [-0.15, -0.1) is 0 Å². The van der Waals surface area contributed by atoms with Gasteiger partial charge in [0.1, 0.15) is 24.4 Å². The summed E-state index contributed by atoms with van der Waals surface area (Å²) < 4.78 is 11.2. The Morgan fingerprint density at radius 1 is 0.486 bits per heavy atom. The standard InChI is InChI=1S/C63H113NO8/c1-3-5-7-9-11-13-15-17-19-21-22-23-24-25-26-27-28-29-30-31-32-33-34-35-37-38-40-42-44-46-48-50-52-57(66)56(55-71-63-62(70)61(69)60(68)58(54-65)72-63)64-59(67)53-51-49-47-45-43-41-39-36-20-18-16-14-12-10-8-6-4-2/h6,8,12,14,18,20,39,41-42,44,50,52,56-58,60-63,65-66,68-70H,3-5,7,9-11,13,15-17,19,21-38,40,43,45-49,51,53-55H2,1-2H3,(H,64,67)/b8-6-,14-12-,20-18-,41-39-,44-42+,52-50+. The minimum Gasteiger partial charge on any atom is -0.394 e. The maximum atomic E-state index is 13.0. The van der Waals surface area contributed by atoms with Gasteiger partial charge in [-0.2, -0.15) is 0 Å². The van der Waals surface area contributed by atoms with Crippen LogP contribution in [0.4, 0.5) is 0 Å². The van der Waals surface area contributed by atoms with Crippen LogP contribution < -0.4 is 5.32 Å². The van der Waals surface area contributed by atoms with Gasteiger partial charge in [0.15, 0.2) is 6.29 Å². The van der Waals surface area contributed by atoms with Gasteiger partial charge in [0.05, 0.1) is 25.4 Å². The van der Waals surface area contributed by atoms with E-state index in [9.17, 15) is 30.3 Å². The number of nitrogens with one attached hydrogen (secondary N) is 1. The summed E-state index contributed by atoms with van der Waals surface area (Å²) in [4.78, 5) is 13.0. The average Bonchev–Trinajstić information content (AvgIpc) is 3.38. The summed E-state index contributed by atoms with van der Waals surface area (Å²) in [7, 11) is 0. The second-order valence-corrected chi connectivity index (χ2v) is 20.8. The predicted octanol–water partition coefficient (Wildman–Crippen LogP) is 15.2. The summed E-state index contributed by atoms with van der Waals surface area (Å²) in [6.45, 7) is 3.65. The number of unbranched alkanes of at least 4 members (excludes halogenated alkanes) is 31. The molecule has 1 rings (SSSR count). The lowest BCUT2D eigenvalue weighted by Gasteiger charge is -2.40. The molecule has 7 atom stereocenters. The Balaban J connectivity index is 2.20. The number of carbonyl (C=O) groups excluding carboxylic acids is 1. The summed E-state index contributed by atoms with van der Waals surface area (Å²) in [5.41, 5.74) is 0. The van der Waals surface area contributed by atoms with Gasteiger partial charge in [0, 0.05) is 6.42 Å². The van der Waals surface area contributed by atoms with Crippen LogP contribution in [-0.2, 0) is 14.3 Å². The molecule has 9 nitrogen and oxygen atoms in total. The summed E-state index contributed by atoms with van der Waals surface area (Å²) >= 11 is 0. The van der Waals surface area contributed by atoms with Crippen LogP contribution in [0.2, 0.25) is 0 Å². The Labute approximate surface area is 442 Å². The molecule has 0 aromatic rings. The summed E-state index contributed by atoms with van der Waals surface area (Å²) in [5, 5.41) is 54.5. The van der Waals surface area contributed by atoms with E-state index in [1.165, 1.54) is 167 Å². The van der Waals surface area contributed by atoms with Crippen LogP contribution in [-0.4, -0.2) is 87.5 Å². The Hall–Kier alpha value is -2.37. The van der Waals surface area contributed by atoms with E-state index < -0.39 is 49.5 Å². The smallest absolute Gasteiger partial charge is 0.220 e. The maximum Gasteiger partial charge on any atom is 0.220 e. The molecule has 0 aromatic carbocycles. The largest absolute Gasteiger partial charge is 0.394 e. The second-order valence-electron chi connectivity index (χ2n) is 20.8. The molecule has 1 heterocycles. The molecule has 9 heteroatoms. The lowest BCUT2D eigenvalue weighted by Crippen LogP contribution is -2.60. The van der Waals surface area contributed by atoms with Crippen LogP contribution in [0, 0.1) is 0 Å². The van der Waals surface area contributed by atoms with Crippen molar-refractivity contribution in [2.45, 2.75) is 307 Å². The van der Waals surface area contributed by atoms with Gasteiger partial charge in [-0.25, -0.2) is 0 Å². The van der Waals surface area contributed by atoms with Crippen LogP contribution in [0.25, 0.3) is 0 Å². The first-order valence-corrected chi connectivity index (χ1v) is 30.2. The highest BCUT2D eigenvalue weighted by Gasteiger charge is 2.44. The molecule has 0 aliphatic carbocycles. The van der Waals surface area contributed by atoms with Crippen molar-refractivity contribution in [1.82, 2.24) is 5.32 Å². The Bertz CT molecular complexity index is 1360. The number of hydrogen-bond donors (Lipinski definition) is 6. The third-order valence-electron chi connectivity index (χ3n) is 14.0. The summed E-state index contributed by atoms with van der Waals surface area (Å²) in [6.07, 6.45) is 65.7. The van der Waals surface area contributed by atoms with Crippen LogP contribution in [0.3, 0.4) is 0 Å². The summed E-state index contributed by atoms with van der Waals surface area (Å²) in [6, 6.07) is -0.840. The molecular formula is C63H113NO8. The van der Waals surface area contributed by atoms with Crippen LogP contribution >= 0.6 is 0 Å². The molecule has 0 aromatic heterocycles. The number of hydrogen-bond acceptors (Lipinski definition) is 8. The third-order valence-corrected chi connectivity index (χ3v) is 14.0. The lowest BCUT2D eigenvalue weighted by molar-refractivity contribution is -0.302. The van der Waals surface area contributed by atoms with E-state index >= 15 is 0 Å². The fourth-order valence-corrected chi connectivity index (χ4v) is 9.28. The average molecular weight is 1010 g/mol. The van der Waals surface area contributed by atoms with Crippen molar-refractivity contribution < 1.29 is 39.8 Å². The zero-order chi connectivity index (χ0) is 52.2. The van der Waals surface area contributed by atoms with Crippen molar-refractivity contribution >= 4 is 5.91 Å². The molecule has 0 spiro atoms. The maximum absolute atomic E-state index is 13.0. The number of carbonyl (C=O) groups is 1. The fourth-order valence-electron chi connectivity index (χ4n) is 9.28. The van der Waals surface area contributed by atoms with Crippen LogP contribution in [0.5, 0.6) is 0 Å². The molecule has 72 heavy (non-hydrogen) atoms. The molecule has 418 valence electrons. The van der Waals surface area contributed by atoms with Crippen LogP contribution in [0.15, 0.2) is 72.9 Å². The molecular weight excluding hydrogens is 899 g/mol. The highest BCUT2D eigenvalue weighted by molar-refractivity contribution is 5.76. The van der Waals surface area contributed by atoms with Gasteiger partial charge in [-0.1, -0.05) is 260 Å². The first kappa shape index (κ1) is 67.6. The third kappa shape index (κ3) is 40.9. The molecule has 0 bridgehead atoms. The van der Waals surface area contributed by atoms with Crippen molar-refractivity contribution in [2.24, 2.45) is 0 Å². The molecule has 1 aliphatic heterocycles. The number of aliphatic hydroxyl groups excluding tert-OH is 5. The summed E-state index contributed by atoms with van der Waals surface area (Å²) in [5.74, 6) is -0.210. The van der Waals surface area contributed by atoms with E-state index in [2.05, 4.69) is 79.9 Å². The molecule has 0 radical (unpaired) electrons. The number of amides is 1.